The Hall–Kier alpha value is -2.16. The van der Waals surface area contributed by atoms with Crippen LogP contribution in [0.3, 0.4) is 0 Å². The van der Waals surface area contributed by atoms with E-state index in [0.29, 0.717) is 6.42 Å². The number of carbonyl (C=O) groups is 1. The maximum atomic E-state index is 12.1. The van der Waals surface area contributed by atoms with Gasteiger partial charge < -0.3 is 0 Å². The minimum absolute atomic E-state index is 0.0104. The molecule has 0 bridgehead atoms. The van der Waals surface area contributed by atoms with Crippen LogP contribution >= 0.6 is 0 Å². The Balaban J connectivity index is 1.98. The Morgan fingerprint density at radius 1 is 1.23 bits per heavy atom. The minimum atomic E-state index is 0.0104. The Bertz CT molecular complexity index is 690. The third-order valence-corrected chi connectivity index (χ3v) is 4.82. The maximum absolute atomic E-state index is 12.1. The van der Waals surface area contributed by atoms with E-state index in [0.717, 1.165) is 37.8 Å². The van der Waals surface area contributed by atoms with Crippen LogP contribution in [0.5, 0.6) is 0 Å². The van der Waals surface area contributed by atoms with Gasteiger partial charge in [-0.05, 0) is 56.7 Å². The van der Waals surface area contributed by atoms with Crippen molar-refractivity contribution in [1.82, 2.24) is 5.01 Å². The zero-order valence-electron chi connectivity index (χ0n) is 16.7. The lowest BCUT2D eigenvalue weighted by Crippen LogP contribution is -2.40. The number of ketones is 1. The highest BCUT2D eigenvalue weighted by Gasteiger charge is 2.23. The van der Waals surface area contributed by atoms with Crippen LogP contribution in [0.4, 0.5) is 0 Å². The van der Waals surface area contributed by atoms with E-state index in [-0.39, 0.29) is 11.3 Å². The molecule has 0 N–H and O–H groups in total. The van der Waals surface area contributed by atoms with Gasteiger partial charge in [-0.3, -0.25) is 9.80 Å². The van der Waals surface area contributed by atoms with Gasteiger partial charge in [-0.1, -0.05) is 50.3 Å². The highest BCUT2D eigenvalue weighted by molar-refractivity contribution is 5.96. The largest absolute Gasteiger partial charge is 0.294 e. The monoisotopic (exact) mass is 352 g/mol. The molecule has 0 aromatic heterocycles. The molecule has 0 unspecified atom stereocenters. The van der Waals surface area contributed by atoms with Crippen LogP contribution in [0.15, 0.2) is 53.2 Å². The third kappa shape index (κ3) is 5.42. The van der Waals surface area contributed by atoms with Crippen molar-refractivity contribution >= 4 is 12.0 Å². The number of Topliss-reactive ketones (excluding diaryl/α,β-unsaturated/α-hetero) is 1. The number of benzene rings is 1. The molecule has 3 nitrogen and oxygen atoms in total. The van der Waals surface area contributed by atoms with E-state index in [1.165, 1.54) is 16.7 Å². The lowest BCUT2D eigenvalue weighted by molar-refractivity contribution is 0.0980. The highest BCUT2D eigenvalue weighted by Crippen LogP contribution is 2.23. The standard InChI is InChI=1S/C23H32N2O/c1-6-8-9-22(26)20-13-10-18(11-14-20)12-15-21-16-24-25(23(3,4)5)17-19(21)7-2/h7,10-11,13-14,16H,2,6,8-9,12,15,17H2,1,3-5H3. The third-order valence-electron chi connectivity index (χ3n) is 4.82. The van der Waals surface area contributed by atoms with Gasteiger partial charge in [0.25, 0.3) is 0 Å². The fourth-order valence-electron chi connectivity index (χ4n) is 2.98. The zero-order chi connectivity index (χ0) is 19.2. The predicted molar refractivity (Wildman–Crippen MR) is 111 cm³/mol. The molecule has 1 aromatic rings. The van der Waals surface area contributed by atoms with E-state index in [1.807, 2.05) is 24.4 Å². The first-order valence-corrected chi connectivity index (χ1v) is 9.63. The summed E-state index contributed by atoms with van der Waals surface area (Å²) in [5, 5.41) is 6.72. The molecule has 1 aromatic carbocycles. The molecule has 0 aliphatic carbocycles. The van der Waals surface area contributed by atoms with Crippen LogP contribution in [0, 0.1) is 0 Å². The lowest BCUT2D eigenvalue weighted by Gasteiger charge is -2.36. The van der Waals surface area contributed by atoms with Crippen molar-refractivity contribution in [2.75, 3.05) is 6.54 Å². The summed E-state index contributed by atoms with van der Waals surface area (Å²) in [5.41, 5.74) is 4.59. The maximum Gasteiger partial charge on any atom is 0.162 e. The van der Waals surface area contributed by atoms with E-state index < -0.39 is 0 Å². The second-order valence-corrected chi connectivity index (χ2v) is 7.95. The first kappa shape index (κ1) is 20.2. The average Bonchev–Trinajstić information content (AvgIpc) is 2.63. The highest BCUT2D eigenvalue weighted by atomic mass is 16.1. The molecule has 1 aliphatic heterocycles. The van der Waals surface area contributed by atoms with Crippen molar-refractivity contribution in [3.63, 3.8) is 0 Å². The fraction of sp³-hybridized carbons (Fsp3) is 0.478. The summed E-state index contributed by atoms with van der Waals surface area (Å²) in [6.07, 6.45) is 8.47. The molecule has 0 atom stereocenters. The lowest BCUT2D eigenvalue weighted by atomic mass is 9.97. The average molecular weight is 353 g/mol. The molecule has 1 aliphatic rings. The van der Waals surface area contributed by atoms with Gasteiger partial charge in [0.15, 0.2) is 5.78 Å². The SMILES string of the molecule is C=CC1=C(CCc2ccc(C(=O)CCCC)cc2)C=NN(C(C)(C)C)C1. The van der Waals surface area contributed by atoms with E-state index in [4.69, 9.17) is 0 Å². The Morgan fingerprint density at radius 2 is 1.92 bits per heavy atom. The van der Waals surface area contributed by atoms with Gasteiger partial charge in [-0.25, -0.2) is 0 Å². The van der Waals surface area contributed by atoms with Crippen LogP contribution in [-0.4, -0.2) is 29.1 Å². The van der Waals surface area contributed by atoms with Crippen molar-refractivity contribution in [3.8, 4) is 0 Å². The van der Waals surface area contributed by atoms with Crippen LogP contribution in [0.2, 0.25) is 0 Å². The predicted octanol–water partition coefficient (Wildman–Crippen LogP) is 5.57. The summed E-state index contributed by atoms with van der Waals surface area (Å²) in [6.45, 7) is 13.4. The second kappa shape index (κ2) is 8.98. The molecule has 2 rings (SSSR count). The van der Waals surface area contributed by atoms with E-state index >= 15 is 0 Å². The van der Waals surface area contributed by atoms with Crippen LogP contribution in [0.1, 0.15) is 69.3 Å². The van der Waals surface area contributed by atoms with E-state index in [9.17, 15) is 4.79 Å². The minimum Gasteiger partial charge on any atom is -0.294 e. The van der Waals surface area contributed by atoms with Crippen LogP contribution in [0.25, 0.3) is 0 Å². The summed E-state index contributed by atoms with van der Waals surface area (Å²) >= 11 is 0. The summed E-state index contributed by atoms with van der Waals surface area (Å²) in [7, 11) is 0. The Labute approximate surface area is 158 Å². The van der Waals surface area contributed by atoms with Gasteiger partial charge >= 0.3 is 0 Å². The van der Waals surface area contributed by atoms with Gasteiger partial charge in [0.05, 0.1) is 12.8 Å². The molecular weight excluding hydrogens is 320 g/mol. The van der Waals surface area contributed by atoms with Gasteiger partial charge in [0.2, 0.25) is 0 Å². The van der Waals surface area contributed by atoms with E-state index in [2.05, 4.69) is 56.5 Å². The molecule has 0 saturated carbocycles. The van der Waals surface area contributed by atoms with Gasteiger partial charge in [0.1, 0.15) is 0 Å². The number of carbonyl (C=O) groups excluding carboxylic acids is 1. The van der Waals surface area contributed by atoms with Crippen LogP contribution in [-0.2, 0) is 6.42 Å². The quantitative estimate of drug-likeness (QED) is 0.573. The molecular formula is C23H32N2O. The molecule has 0 saturated heterocycles. The first-order chi connectivity index (χ1) is 12.3. The Morgan fingerprint density at radius 3 is 2.50 bits per heavy atom. The normalized spacial score (nSPS) is 14.7. The van der Waals surface area contributed by atoms with Crippen molar-refractivity contribution < 1.29 is 4.79 Å². The van der Waals surface area contributed by atoms with Crippen molar-refractivity contribution in [3.05, 3.63) is 59.2 Å². The molecule has 0 amide bonds. The van der Waals surface area contributed by atoms with Gasteiger partial charge in [0, 0.05) is 17.5 Å². The molecule has 3 heteroatoms. The number of hydrogen-bond acceptors (Lipinski definition) is 3. The van der Waals surface area contributed by atoms with Crippen molar-refractivity contribution in [2.24, 2.45) is 5.10 Å². The molecule has 1 heterocycles. The molecule has 0 spiro atoms. The molecule has 0 radical (unpaired) electrons. The Kier molecular flexibility index (Phi) is 6.96. The van der Waals surface area contributed by atoms with Crippen LogP contribution < -0.4 is 0 Å². The smallest absolute Gasteiger partial charge is 0.162 e. The van der Waals surface area contributed by atoms with Crippen molar-refractivity contribution in [1.29, 1.82) is 0 Å². The summed E-state index contributed by atoms with van der Waals surface area (Å²) in [5.74, 6) is 0.247. The zero-order valence-corrected chi connectivity index (χ0v) is 16.7. The van der Waals surface area contributed by atoms with Crippen molar-refractivity contribution in [2.45, 2.75) is 65.3 Å². The topological polar surface area (TPSA) is 32.7 Å². The summed E-state index contributed by atoms with van der Waals surface area (Å²) in [6, 6.07) is 8.09. The number of aryl methyl sites for hydroxylation is 1. The summed E-state index contributed by atoms with van der Waals surface area (Å²) in [4.78, 5) is 12.1. The molecule has 0 fully saturated rings. The van der Waals surface area contributed by atoms with Gasteiger partial charge in [-0.15, -0.1) is 0 Å². The number of hydrogen-bond donors (Lipinski definition) is 0. The number of nitrogens with zero attached hydrogens (tertiary/aromatic N) is 2. The van der Waals surface area contributed by atoms with Gasteiger partial charge in [-0.2, -0.15) is 5.10 Å². The van der Waals surface area contributed by atoms with E-state index in [1.54, 1.807) is 0 Å². The number of rotatable bonds is 8. The number of unbranched alkanes of at least 4 members (excludes halogenated alkanes) is 1. The number of allylic oxidation sites excluding steroid dienone is 1. The summed E-state index contributed by atoms with van der Waals surface area (Å²) < 4.78 is 0. The first-order valence-electron chi connectivity index (χ1n) is 9.63. The molecule has 26 heavy (non-hydrogen) atoms. The second-order valence-electron chi connectivity index (χ2n) is 7.95. The molecule has 140 valence electrons. The fourth-order valence-corrected chi connectivity index (χ4v) is 2.98. The number of hydrazone groups is 1.